The van der Waals surface area contributed by atoms with Gasteiger partial charge in [0, 0.05) is 0 Å². The van der Waals surface area contributed by atoms with Crippen LogP contribution in [0, 0.1) is 0 Å². The van der Waals surface area contributed by atoms with E-state index in [1.165, 1.54) is 18.4 Å². The van der Waals surface area contributed by atoms with Crippen LogP contribution in [0.3, 0.4) is 0 Å². The molecule has 3 aromatic rings. The van der Waals surface area contributed by atoms with Crippen LogP contribution in [0.25, 0.3) is 21.9 Å². The number of ether oxygens (including phenoxy) is 2. The Balaban J connectivity index is 2.07. The van der Waals surface area contributed by atoms with Crippen molar-refractivity contribution in [1.82, 2.24) is 4.98 Å². The lowest BCUT2D eigenvalue weighted by atomic mass is 10.1. The summed E-state index contributed by atoms with van der Waals surface area (Å²) in [5, 5.41) is 10.4. The Morgan fingerprint density at radius 3 is 2.71 bits per heavy atom. The fourth-order valence-corrected chi connectivity index (χ4v) is 3.98. The number of methoxy groups -OCH3 is 1. The second-order valence-corrected chi connectivity index (χ2v) is 7.87. The lowest BCUT2D eigenvalue weighted by Crippen LogP contribution is -2.07. The smallest absolute Gasteiger partial charge is 0.307 e. The van der Waals surface area contributed by atoms with Crippen molar-refractivity contribution >= 4 is 50.8 Å². The maximum absolute atomic E-state index is 11.4. The molecule has 0 unspecified atom stereocenters. The third-order valence-electron chi connectivity index (χ3n) is 3.86. The van der Waals surface area contributed by atoms with Gasteiger partial charge in [-0.25, -0.2) is 4.98 Å². The fraction of sp³-hybridized carbons (Fsp3) is 0.238. The molecule has 0 atom stereocenters. The zero-order valence-electron chi connectivity index (χ0n) is 15.7. The van der Waals surface area contributed by atoms with Crippen LogP contribution in [0.1, 0.15) is 30.8 Å². The summed E-state index contributed by atoms with van der Waals surface area (Å²) in [5.74, 6) is 0.0332. The molecule has 0 amide bonds. The van der Waals surface area contributed by atoms with Crippen molar-refractivity contribution in [3.8, 4) is 11.5 Å². The summed E-state index contributed by atoms with van der Waals surface area (Å²) in [6.45, 7) is 3.81. The number of carbonyl (C=O) groups is 1. The molecule has 0 saturated heterocycles. The second-order valence-electron chi connectivity index (χ2n) is 6.43. The molecule has 0 bridgehead atoms. The van der Waals surface area contributed by atoms with E-state index in [9.17, 15) is 9.90 Å². The summed E-state index contributed by atoms with van der Waals surface area (Å²) in [7, 11) is 1.54. The molecule has 1 heterocycles. The highest BCUT2D eigenvalue weighted by atomic mass is 35.5. The molecule has 146 valence electrons. The zero-order chi connectivity index (χ0) is 20.3. The monoisotopic (exact) mass is 417 g/mol. The summed E-state index contributed by atoms with van der Waals surface area (Å²) in [5.41, 5.74) is 2.16. The highest BCUT2D eigenvalue weighted by Gasteiger charge is 2.16. The van der Waals surface area contributed by atoms with Gasteiger partial charge in [0.1, 0.15) is 5.01 Å². The number of rotatable bonds is 7. The number of aliphatic carboxylic acids is 1. The van der Waals surface area contributed by atoms with Gasteiger partial charge in [-0.15, -0.1) is 11.3 Å². The van der Waals surface area contributed by atoms with Crippen LogP contribution in [-0.2, 0) is 4.79 Å². The van der Waals surface area contributed by atoms with Crippen molar-refractivity contribution in [1.29, 1.82) is 0 Å². The van der Waals surface area contributed by atoms with E-state index in [-0.39, 0.29) is 12.5 Å². The first-order valence-electron chi connectivity index (χ1n) is 8.70. The van der Waals surface area contributed by atoms with Gasteiger partial charge in [0.25, 0.3) is 0 Å². The van der Waals surface area contributed by atoms with Crippen LogP contribution in [0.5, 0.6) is 11.5 Å². The van der Waals surface area contributed by atoms with Crippen molar-refractivity contribution in [2.75, 3.05) is 7.11 Å². The first-order valence-corrected chi connectivity index (χ1v) is 9.89. The van der Waals surface area contributed by atoms with Crippen molar-refractivity contribution in [2.45, 2.75) is 26.4 Å². The summed E-state index contributed by atoms with van der Waals surface area (Å²) >= 11 is 7.85. The minimum absolute atomic E-state index is 0.0573. The molecule has 0 aliphatic rings. The summed E-state index contributed by atoms with van der Waals surface area (Å²) in [6.07, 6.45) is 1.57. The number of aromatic nitrogens is 1. The van der Waals surface area contributed by atoms with Gasteiger partial charge >= 0.3 is 5.97 Å². The number of carboxylic acids is 1. The molecule has 7 heteroatoms. The van der Waals surface area contributed by atoms with Gasteiger partial charge in [-0.1, -0.05) is 23.7 Å². The van der Waals surface area contributed by atoms with Gasteiger partial charge in [-0.2, -0.15) is 0 Å². The van der Waals surface area contributed by atoms with Gasteiger partial charge in [-0.3, -0.25) is 4.79 Å². The van der Waals surface area contributed by atoms with Gasteiger partial charge in [0.15, 0.2) is 11.5 Å². The Morgan fingerprint density at radius 1 is 1.32 bits per heavy atom. The Hall–Kier alpha value is -2.57. The lowest BCUT2D eigenvalue weighted by molar-refractivity contribution is -0.135. The number of hydrogen-bond donors (Lipinski definition) is 1. The number of benzene rings is 2. The van der Waals surface area contributed by atoms with Crippen LogP contribution in [0.4, 0.5) is 0 Å². The van der Waals surface area contributed by atoms with Crippen molar-refractivity contribution < 1.29 is 19.4 Å². The van der Waals surface area contributed by atoms with E-state index in [1.807, 2.05) is 38.1 Å². The molecule has 0 saturated carbocycles. The third-order valence-corrected chi connectivity index (χ3v) is 5.25. The summed E-state index contributed by atoms with van der Waals surface area (Å²) in [4.78, 5) is 16.0. The number of hydrogen-bond acceptors (Lipinski definition) is 5. The molecule has 28 heavy (non-hydrogen) atoms. The molecule has 2 aromatic carbocycles. The number of para-hydroxylation sites is 1. The molecular weight excluding hydrogens is 398 g/mol. The average molecular weight is 418 g/mol. The Bertz CT molecular complexity index is 1010. The number of carboxylic acid groups (broad SMARTS) is 1. The standard InChI is InChI=1S/C21H20ClNO4S/c1-12(2)27-20-15(22)9-13(10-17(20)26-3)8-14(11-19(24)25)21-23-16-6-4-5-7-18(16)28-21/h4-10,12H,11H2,1-3H3,(H,24,25). The molecule has 0 aliphatic heterocycles. The van der Waals surface area contributed by atoms with Gasteiger partial charge in [-0.05, 0) is 55.3 Å². The quantitative estimate of drug-likeness (QED) is 0.529. The molecule has 3 rings (SSSR count). The molecule has 0 aliphatic carbocycles. The maximum Gasteiger partial charge on any atom is 0.307 e. The van der Waals surface area contributed by atoms with E-state index < -0.39 is 5.97 Å². The number of nitrogens with zero attached hydrogens (tertiary/aromatic N) is 1. The molecule has 0 fully saturated rings. The Kier molecular flexibility index (Phi) is 6.21. The molecule has 0 spiro atoms. The van der Waals surface area contributed by atoms with Gasteiger partial charge in [0.05, 0.1) is 34.9 Å². The topological polar surface area (TPSA) is 68.7 Å². The lowest BCUT2D eigenvalue weighted by Gasteiger charge is -2.16. The van der Waals surface area contributed by atoms with Crippen LogP contribution < -0.4 is 9.47 Å². The number of thiazole rings is 1. The predicted octanol–water partition coefficient (Wildman–Crippen LogP) is 5.76. The van der Waals surface area contributed by atoms with E-state index in [1.54, 1.807) is 18.2 Å². The van der Waals surface area contributed by atoms with Crippen LogP contribution in [0.2, 0.25) is 5.02 Å². The van der Waals surface area contributed by atoms with Crippen LogP contribution >= 0.6 is 22.9 Å². The Morgan fingerprint density at radius 2 is 2.07 bits per heavy atom. The maximum atomic E-state index is 11.4. The molecule has 1 N–H and O–H groups in total. The second kappa shape index (κ2) is 8.63. The normalized spacial score (nSPS) is 11.8. The van der Waals surface area contributed by atoms with Gasteiger partial charge < -0.3 is 14.6 Å². The largest absolute Gasteiger partial charge is 0.493 e. The number of halogens is 1. The SMILES string of the molecule is COc1cc(C=C(CC(=O)O)c2nc3ccccc3s2)cc(Cl)c1OC(C)C. The zero-order valence-corrected chi connectivity index (χ0v) is 17.3. The molecule has 1 aromatic heterocycles. The third kappa shape index (κ3) is 4.64. The van der Waals surface area contributed by atoms with Crippen LogP contribution in [0.15, 0.2) is 36.4 Å². The Labute approximate surface area is 172 Å². The minimum atomic E-state index is -0.927. The molecule has 5 nitrogen and oxygen atoms in total. The molecule has 0 radical (unpaired) electrons. The van der Waals surface area contributed by atoms with E-state index in [0.717, 1.165) is 10.2 Å². The van der Waals surface area contributed by atoms with Crippen LogP contribution in [-0.4, -0.2) is 29.3 Å². The number of fused-ring (bicyclic) bond motifs is 1. The highest BCUT2D eigenvalue weighted by Crippen LogP contribution is 2.38. The van der Waals surface area contributed by atoms with E-state index in [4.69, 9.17) is 21.1 Å². The van der Waals surface area contributed by atoms with E-state index in [2.05, 4.69) is 4.98 Å². The highest BCUT2D eigenvalue weighted by molar-refractivity contribution is 7.19. The van der Waals surface area contributed by atoms with Crippen molar-refractivity contribution in [3.05, 3.63) is 52.0 Å². The summed E-state index contributed by atoms with van der Waals surface area (Å²) < 4.78 is 12.2. The van der Waals surface area contributed by atoms with Crippen molar-refractivity contribution in [2.24, 2.45) is 0 Å². The summed E-state index contributed by atoms with van der Waals surface area (Å²) in [6, 6.07) is 11.2. The average Bonchev–Trinajstić information content (AvgIpc) is 3.06. The fourth-order valence-electron chi connectivity index (χ4n) is 2.74. The minimum Gasteiger partial charge on any atom is -0.493 e. The first kappa shape index (κ1) is 20.2. The van der Waals surface area contributed by atoms with Crippen molar-refractivity contribution in [3.63, 3.8) is 0 Å². The van der Waals surface area contributed by atoms with Gasteiger partial charge in [0.2, 0.25) is 0 Å². The van der Waals surface area contributed by atoms with E-state index >= 15 is 0 Å². The first-order chi connectivity index (χ1) is 13.4. The molecular formula is C21H20ClNO4S. The predicted molar refractivity (Wildman–Crippen MR) is 114 cm³/mol. The van der Waals surface area contributed by atoms with E-state index in [0.29, 0.717) is 32.7 Å².